The van der Waals surface area contributed by atoms with Crippen LogP contribution in [0, 0.1) is 6.92 Å². The molecule has 0 aliphatic carbocycles. The van der Waals surface area contributed by atoms with Gasteiger partial charge in [0.1, 0.15) is 5.82 Å². The van der Waals surface area contributed by atoms with Crippen LogP contribution in [0.25, 0.3) is 11.0 Å². The minimum Gasteiger partial charge on any atom is -0.342 e. The molecule has 0 unspecified atom stereocenters. The maximum absolute atomic E-state index is 12.6. The van der Waals surface area contributed by atoms with Crippen LogP contribution in [-0.4, -0.2) is 21.9 Å². The van der Waals surface area contributed by atoms with Crippen LogP contribution < -0.4 is 0 Å². The Labute approximate surface area is 138 Å². The minimum atomic E-state index is -4.29. The highest BCUT2D eigenvalue weighted by atomic mass is 19.4. The smallest absolute Gasteiger partial charge is 0.342 e. The number of nitrogens with one attached hydrogen (secondary N) is 1. The van der Waals surface area contributed by atoms with Gasteiger partial charge in [-0.15, -0.1) is 0 Å². The quantitative estimate of drug-likeness (QED) is 0.761. The summed E-state index contributed by atoms with van der Waals surface area (Å²) in [6, 6.07) is 11.3. The van der Waals surface area contributed by atoms with Crippen molar-refractivity contribution >= 4 is 11.0 Å². The number of halogens is 3. The van der Waals surface area contributed by atoms with E-state index >= 15 is 0 Å². The number of hydrogen-bond donors (Lipinski definition) is 1. The molecule has 0 spiro atoms. The predicted molar refractivity (Wildman–Crippen MR) is 87.4 cm³/mol. The molecule has 126 valence electrons. The number of fused-ring (bicyclic) bond motifs is 1. The summed E-state index contributed by atoms with van der Waals surface area (Å²) in [5.41, 5.74) is 3.25. The van der Waals surface area contributed by atoms with Crippen LogP contribution in [0.2, 0.25) is 0 Å². The first-order valence-electron chi connectivity index (χ1n) is 7.62. The molecule has 0 saturated carbocycles. The van der Waals surface area contributed by atoms with E-state index in [0.717, 1.165) is 40.1 Å². The molecular weight excluding hydrogens is 315 g/mol. The Bertz CT molecular complexity index is 835. The standard InChI is InChI=1S/C18H18F3N3/c1-12-22-16-5-3-4-14(17(16)23-12)11-24(2)10-13-6-8-15(9-7-13)18(19,20)21/h3-9H,10-11H2,1-2H3,(H,22,23). The highest BCUT2D eigenvalue weighted by molar-refractivity contribution is 5.78. The molecule has 24 heavy (non-hydrogen) atoms. The van der Waals surface area contributed by atoms with Crippen molar-refractivity contribution in [3.8, 4) is 0 Å². The summed E-state index contributed by atoms with van der Waals surface area (Å²) in [7, 11) is 1.94. The van der Waals surface area contributed by atoms with Crippen molar-refractivity contribution in [2.45, 2.75) is 26.2 Å². The monoisotopic (exact) mass is 333 g/mol. The van der Waals surface area contributed by atoms with Gasteiger partial charge in [0.15, 0.2) is 0 Å². The number of rotatable bonds is 4. The van der Waals surface area contributed by atoms with Gasteiger partial charge in [-0.25, -0.2) is 4.98 Å². The third-order valence-corrected chi connectivity index (χ3v) is 3.89. The average molecular weight is 333 g/mol. The summed E-state index contributed by atoms with van der Waals surface area (Å²) in [6.45, 7) is 3.15. The molecule has 0 bridgehead atoms. The Morgan fingerprint density at radius 3 is 2.42 bits per heavy atom. The first kappa shape index (κ1) is 16.5. The fraction of sp³-hybridized carbons (Fsp3) is 0.278. The van der Waals surface area contributed by atoms with Crippen LogP contribution >= 0.6 is 0 Å². The van der Waals surface area contributed by atoms with Crippen molar-refractivity contribution in [2.24, 2.45) is 0 Å². The van der Waals surface area contributed by atoms with Crippen molar-refractivity contribution in [3.63, 3.8) is 0 Å². The van der Waals surface area contributed by atoms with Gasteiger partial charge in [0.05, 0.1) is 16.6 Å². The minimum absolute atomic E-state index is 0.567. The molecule has 0 fully saturated rings. The van der Waals surface area contributed by atoms with E-state index in [4.69, 9.17) is 0 Å². The van der Waals surface area contributed by atoms with E-state index in [1.54, 1.807) is 0 Å². The van der Waals surface area contributed by atoms with E-state index in [-0.39, 0.29) is 0 Å². The number of benzene rings is 2. The largest absolute Gasteiger partial charge is 0.416 e. The topological polar surface area (TPSA) is 31.9 Å². The second-order valence-corrected chi connectivity index (χ2v) is 6.00. The molecule has 6 heteroatoms. The van der Waals surface area contributed by atoms with E-state index < -0.39 is 11.7 Å². The molecule has 0 radical (unpaired) electrons. The SMILES string of the molecule is Cc1nc2c(CN(C)Cc3ccc(C(F)(F)F)cc3)cccc2[nH]1. The molecule has 0 saturated heterocycles. The lowest BCUT2D eigenvalue weighted by atomic mass is 10.1. The van der Waals surface area contributed by atoms with Gasteiger partial charge in [0.2, 0.25) is 0 Å². The number of imidazole rings is 1. The number of hydrogen-bond acceptors (Lipinski definition) is 2. The highest BCUT2D eigenvalue weighted by Gasteiger charge is 2.29. The van der Waals surface area contributed by atoms with Crippen LogP contribution in [0.3, 0.4) is 0 Å². The van der Waals surface area contributed by atoms with Gasteiger partial charge in [-0.2, -0.15) is 13.2 Å². The number of para-hydroxylation sites is 1. The number of aromatic amines is 1. The number of alkyl halides is 3. The molecule has 3 aromatic rings. The van der Waals surface area contributed by atoms with Gasteiger partial charge in [0, 0.05) is 13.1 Å². The summed E-state index contributed by atoms with van der Waals surface area (Å²) in [5.74, 6) is 0.864. The first-order chi connectivity index (χ1) is 11.3. The normalized spacial score (nSPS) is 12.2. The molecule has 0 aliphatic rings. The molecular formula is C18H18F3N3. The average Bonchev–Trinajstić information content (AvgIpc) is 2.88. The van der Waals surface area contributed by atoms with E-state index in [1.165, 1.54) is 12.1 Å². The summed E-state index contributed by atoms with van der Waals surface area (Å²) < 4.78 is 37.8. The van der Waals surface area contributed by atoms with E-state index in [2.05, 4.69) is 14.9 Å². The van der Waals surface area contributed by atoms with Crippen molar-refractivity contribution in [1.29, 1.82) is 0 Å². The van der Waals surface area contributed by atoms with Crippen LogP contribution in [0.15, 0.2) is 42.5 Å². The second-order valence-electron chi connectivity index (χ2n) is 6.00. The fourth-order valence-corrected chi connectivity index (χ4v) is 2.80. The fourth-order valence-electron chi connectivity index (χ4n) is 2.80. The van der Waals surface area contributed by atoms with Crippen molar-refractivity contribution in [3.05, 3.63) is 65.0 Å². The number of H-pyrrole nitrogens is 1. The third kappa shape index (κ3) is 3.59. The van der Waals surface area contributed by atoms with Crippen molar-refractivity contribution < 1.29 is 13.2 Å². The number of aryl methyl sites for hydroxylation is 1. The van der Waals surface area contributed by atoms with Gasteiger partial charge < -0.3 is 4.98 Å². The van der Waals surface area contributed by atoms with Gasteiger partial charge >= 0.3 is 6.18 Å². The molecule has 3 nitrogen and oxygen atoms in total. The maximum atomic E-state index is 12.6. The van der Waals surface area contributed by atoms with Gasteiger partial charge in [-0.05, 0) is 43.3 Å². The summed E-state index contributed by atoms with van der Waals surface area (Å²) in [4.78, 5) is 9.77. The van der Waals surface area contributed by atoms with E-state index in [1.807, 2.05) is 32.2 Å². The molecule has 0 amide bonds. The van der Waals surface area contributed by atoms with Crippen LogP contribution in [0.1, 0.15) is 22.5 Å². The van der Waals surface area contributed by atoms with Gasteiger partial charge in [0.25, 0.3) is 0 Å². The third-order valence-electron chi connectivity index (χ3n) is 3.89. The molecule has 0 atom stereocenters. The zero-order valence-corrected chi connectivity index (χ0v) is 13.5. The van der Waals surface area contributed by atoms with Gasteiger partial charge in [-0.1, -0.05) is 24.3 Å². The Kier molecular flexibility index (Phi) is 4.32. The Morgan fingerprint density at radius 1 is 1.04 bits per heavy atom. The molecule has 1 N–H and O–H groups in total. The lowest BCUT2D eigenvalue weighted by Crippen LogP contribution is -2.17. The van der Waals surface area contributed by atoms with Crippen molar-refractivity contribution in [1.82, 2.24) is 14.9 Å². The van der Waals surface area contributed by atoms with Crippen molar-refractivity contribution in [2.75, 3.05) is 7.05 Å². The van der Waals surface area contributed by atoms with Crippen LogP contribution in [0.4, 0.5) is 13.2 Å². The highest BCUT2D eigenvalue weighted by Crippen LogP contribution is 2.29. The lowest BCUT2D eigenvalue weighted by Gasteiger charge is -2.17. The van der Waals surface area contributed by atoms with E-state index in [0.29, 0.717) is 13.1 Å². The number of aromatic nitrogens is 2. The van der Waals surface area contributed by atoms with Crippen LogP contribution in [-0.2, 0) is 19.3 Å². The summed E-state index contributed by atoms with van der Waals surface area (Å²) in [5, 5.41) is 0. The Morgan fingerprint density at radius 2 is 1.75 bits per heavy atom. The zero-order valence-electron chi connectivity index (χ0n) is 13.5. The molecule has 1 aromatic heterocycles. The number of nitrogens with zero attached hydrogens (tertiary/aromatic N) is 2. The van der Waals surface area contributed by atoms with Gasteiger partial charge in [-0.3, -0.25) is 4.90 Å². The summed E-state index contributed by atoms with van der Waals surface area (Å²) in [6.07, 6.45) is -4.29. The molecule has 3 rings (SSSR count). The predicted octanol–water partition coefficient (Wildman–Crippen LogP) is 4.52. The summed E-state index contributed by atoms with van der Waals surface area (Å²) >= 11 is 0. The Hall–Kier alpha value is -2.34. The lowest BCUT2D eigenvalue weighted by molar-refractivity contribution is -0.137. The van der Waals surface area contributed by atoms with Crippen LogP contribution in [0.5, 0.6) is 0 Å². The Balaban J connectivity index is 1.72. The maximum Gasteiger partial charge on any atom is 0.416 e. The second kappa shape index (κ2) is 6.28. The molecule has 2 aromatic carbocycles. The molecule has 1 heterocycles. The van der Waals surface area contributed by atoms with E-state index in [9.17, 15) is 13.2 Å². The molecule has 0 aliphatic heterocycles. The first-order valence-corrected chi connectivity index (χ1v) is 7.62. The zero-order chi connectivity index (χ0) is 17.3.